The van der Waals surface area contributed by atoms with Crippen LogP contribution in [-0.4, -0.2) is 69.4 Å². The van der Waals surface area contributed by atoms with E-state index in [0.29, 0.717) is 39.8 Å². The lowest BCUT2D eigenvalue weighted by molar-refractivity contribution is -0.275. The molecule has 0 aliphatic carbocycles. The van der Waals surface area contributed by atoms with Crippen LogP contribution in [-0.2, 0) is 13.1 Å². The third kappa shape index (κ3) is 11.3. The Kier molecular flexibility index (Phi) is 13.0. The first-order chi connectivity index (χ1) is 27.5. The number of nitrogens with zero attached hydrogens (tertiary/aromatic N) is 2. The van der Waals surface area contributed by atoms with E-state index in [2.05, 4.69) is 40.5 Å². The van der Waals surface area contributed by atoms with Gasteiger partial charge in [0.15, 0.2) is 0 Å². The van der Waals surface area contributed by atoms with E-state index >= 15 is 0 Å². The van der Waals surface area contributed by atoms with E-state index in [1.807, 2.05) is 0 Å². The third-order valence-corrected chi connectivity index (χ3v) is 7.79. The lowest BCUT2D eigenvalue weighted by Gasteiger charge is -2.12. The molecule has 0 atom stereocenters. The monoisotopic (exact) mass is 814 g/mol. The van der Waals surface area contributed by atoms with Gasteiger partial charge in [-0.2, -0.15) is 10.2 Å². The molecule has 0 saturated heterocycles. The highest BCUT2D eigenvalue weighted by molar-refractivity contribution is 5.97. The molecule has 0 aliphatic heterocycles. The van der Waals surface area contributed by atoms with Gasteiger partial charge < -0.3 is 39.8 Å². The molecule has 0 unspecified atom stereocenters. The predicted octanol–water partition coefficient (Wildman–Crippen LogP) is 7.24. The number of carbonyl (C=O) groups is 2. The van der Waals surface area contributed by atoms with E-state index in [9.17, 15) is 46.1 Å². The van der Waals surface area contributed by atoms with E-state index in [4.69, 9.17) is 9.47 Å². The number of alkyl halides is 6. The Morgan fingerprint density at radius 1 is 0.621 bits per heavy atom. The van der Waals surface area contributed by atoms with Gasteiger partial charge in [-0.05, 0) is 72.8 Å². The van der Waals surface area contributed by atoms with Crippen molar-refractivity contribution >= 4 is 11.8 Å². The highest BCUT2D eigenvalue weighted by Gasteiger charge is 2.34. The summed E-state index contributed by atoms with van der Waals surface area (Å²) in [5.41, 5.74) is 2.29. The molecule has 2 heterocycles. The number of hydrogen-bond acceptors (Lipinski definition) is 10. The molecule has 4 aromatic carbocycles. The molecule has 0 spiro atoms. The number of benzene rings is 4. The van der Waals surface area contributed by atoms with Crippen LogP contribution < -0.4 is 29.6 Å². The molecule has 20 heteroatoms. The molecule has 2 amide bonds. The van der Waals surface area contributed by atoms with Gasteiger partial charge >= 0.3 is 12.7 Å². The first-order valence-electron chi connectivity index (χ1n) is 16.6. The molecule has 6 aromatic rings. The number of halogens is 6. The van der Waals surface area contributed by atoms with E-state index < -0.39 is 36.0 Å². The van der Waals surface area contributed by atoms with Crippen LogP contribution in [0.3, 0.4) is 0 Å². The zero-order valence-corrected chi connectivity index (χ0v) is 30.2. The molecule has 0 bridgehead atoms. The topological polar surface area (TPSA) is 193 Å². The predicted molar refractivity (Wildman–Crippen MR) is 193 cm³/mol. The fraction of sp³-hybridized carbons (Fsp3) is 0.158. The summed E-state index contributed by atoms with van der Waals surface area (Å²) in [6.45, 7) is -0.0514. The van der Waals surface area contributed by atoms with Crippen molar-refractivity contribution in [3.63, 3.8) is 0 Å². The summed E-state index contributed by atoms with van der Waals surface area (Å²) in [5, 5.41) is 38.0. The van der Waals surface area contributed by atoms with Gasteiger partial charge in [0.1, 0.15) is 34.5 Å². The molecule has 304 valence electrons. The molecular formula is C38H32F6N6O8. The third-order valence-electron chi connectivity index (χ3n) is 7.79. The first-order valence-corrected chi connectivity index (χ1v) is 16.6. The highest BCUT2D eigenvalue weighted by atomic mass is 19.4. The van der Waals surface area contributed by atoms with Crippen LogP contribution >= 0.6 is 0 Å². The summed E-state index contributed by atoms with van der Waals surface area (Å²) in [6.07, 6.45) is -9.82. The summed E-state index contributed by atoms with van der Waals surface area (Å²) < 4.78 is 93.3. The second-order valence-electron chi connectivity index (χ2n) is 11.8. The number of hydrogen-bond donors (Lipinski definition) is 6. The second kappa shape index (κ2) is 18.0. The maximum atomic E-state index is 12.5. The number of phenols is 2. The minimum atomic E-state index is -4.92. The number of aromatic hydroxyl groups is 2. The summed E-state index contributed by atoms with van der Waals surface area (Å²) in [7, 11) is 3.07. The molecule has 6 rings (SSSR count). The Morgan fingerprint density at radius 3 is 1.60 bits per heavy atom. The number of H-pyrrole nitrogens is 2. The lowest BCUT2D eigenvalue weighted by atomic mass is 10.1. The molecule has 0 aliphatic rings. The van der Waals surface area contributed by atoms with Gasteiger partial charge in [-0.15, -0.1) is 26.3 Å². The second-order valence-corrected chi connectivity index (χ2v) is 11.8. The average Bonchev–Trinajstić information content (AvgIpc) is 3.86. The van der Waals surface area contributed by atoms with Gasteiger partial charge in [-0.3, -0.25) is 19.8 Å². The zero-order valence-electron chi connectivity index (χ0n) is 30.2. The smallest absolute Gasteiger partial charge is 0.508 e. The maximum Gasteiger partial charge on any atom is 0.573 e. The number of ether oxygens (including phenoxy) is 4. The number of carbonyl (C=O) groups excluding carboxylic acids is 2. The fourth-order valence-corrected chi connectivity index (χ4v) is 5.20. The summed E-state index contributed by atoms with van der Waals surface area (Å²) >= 11 is 0. The standard InChI is InChI=1S/C20H18F3N3O4.C18H14F3N3O4/c1-28-13-7-8-17(29-2)15(10-13)16-9-12(25-26-16)11-24-19(27)14-5-3-4-6-18(14)30-20(21,22)23;19-18(20,21)28-16-4-2-1-3-12(16)17(27)22-9-10-7-14(24-23-10)13-8-11(25)5-6-15(13)26/h3-10H,11H2,1-2H3,(H,24,27)(H,25,26);1-8,25-26H,9H2,(H,22,27)(H,23,24). The number of aromatic amines is 2. The maximum absolute atomic E-state index is 12.5. The fourth-order valence-electron chi connectivity index (χ4n) is 5.20. The van der Waals surface area contributed by atoms with Crippen molar-refractivity contribution in [2.45, 2.75) is 25.8 Å². The highest BCUT2D eigenvalue weighted by Crippen LogP contribution is 2.34. The van der Waals surface area contributed by atoms with Crippen LogP contribution in [0.15, 0.2) is 97.1 Å². The normalized spacial score (nSPS) is 11.2. The van der Waals surface area contributed by atoms with Crippen molar-refractivity contribution in [1.29, 1.82) is 0 Å². The van der Waals surface area contributed by atoms with Crippen LogP contribution in [0.1, 0.15) is 32.1 Å². The van der Waals surface area contributed by atoms with Crippen LogP contribution in [0.25, 0.3) is 22.5 Å². The molecule has 6 N–H and O–H groups in total. The molecule has 0 saturated carbocycles. The van der Waals surface area contributed by atoms with E-state index in [-0.39, 0.29) is 41.3 Å². The molecule has 0 fully saturated rings. The van der Waals surface area contributed by atoms with Crippen LogP contribution in [0.4, 0.5) is 26.3 Å². The van der Waals surface area contributed by atoms with Crippen LogP contribution in [0.2, 0.25) is 0 Å². The van der Waals surface area contributed by atoms with Crippen molar-refractivity contribution in [1.82, 2.24) is 31.0 Å². The van der Waals surface area contributed by atoms with Gasteiger partial charge in [0.05, 0.1) is 61.2 Å². The van der Waals surface area contributed by atoms with Gasteiger partial charge in [0.25, 0.3) is 11.8 Å². The Morgan fingerprint density at radius 2 is 1.12 bits per heavy atom. The zero-order chi connectivity index (χ0) is 42.0. The van der Waals surface area contributed by atoms with Crippen molar-refractivity contribution in [3.8, 4) is 57.0 Å². The largest absolute Gasteiger partial charge is 0.573 e. The number of nitrogens with one attached hydrogen (secondary N) is 4. The average molecular weight is 815 g/mol. The van der Waals surface area contributed by atoms with Gasteiger partial charge in [-0.25, -0.2) is 0 Å². The van der Waals surface area contributed by atoms with E-state index in [0.717, 1.165) is 12.1 Å². The molecular weight excluding hydrogens is 782 g/mol. The van der Waals surface area contributed by atoms with Crippen LogP contribution in [0, 0.1) is 0 Å². The van der Waals surface area contributed by atoms with Crippen molar-refractivity contribution in [2.75, 3.05) is 14.2 Å². The molecule has 2 aromatic heterocycles. The number of rotatable bonds is 12. The van der Waals surface area contributed by atoms with E-state index in [1.54, 1.807) is 24.3 Å². The van der Waals surface area contributed by atoms with Crippen molar-refractivity contribution in [3.05, 3.63) is 120 Å². The first kappa shape index (κ1) is 41.8. The number of methoxy groups -OCH3 is 2. The Bertz CT molecular complexity index is 2360. The van der Waals surface area contributed by atoms with Crippen LogP contribution in [0.5, 0.6) is 34.5 Å². The summed E-state index contributed by atoms with van der Waals surface area (Å²) in [6, 6.07) is 22.5. The lowest BCUT2D eigenvalue weighted by Crippen LogP contribution is -2.25. The number of para-hydroxylation sites is 2. The van der Waals surface area contributed by atoms with Gasteiger partial charge in [-0.1, -0.05) is 24.3 Å². The van der Waals surface area contributed by atoms with E-state index in [1.165, 1.54) is 74.9 Å². The summed E-state index contributed by atoms with van der Waals surface area (Å²) in [5.74, 6) is -1.64. The number of aromatic nitrogens is 4. The Hall–Kier alpha value is -7.38. The number of phenolic OH excluding ortho intramolecular Hbond substituents is 2. The SMILES string of the molecule is COc1ccc(OC)c(-c2cc(CNC(=O)c3ccccc3OC(F)(F)F)[nH]n2)c1.O=C(NCc1cc(-c2cc(O)ccc2O)n[nH]1)c1ccccc1OC(F)(F)F. The minimum absolute atomic E-state index is 0.0124. The molecule has 14 nitrogen and oxygen atoms in total. The minimum Gasteiger partial charge on any atom is -0.508 e. The quantitative estimate of drug-likeness (QED) is 0.0542. The molecule has 58 heavy (non-hydrogen) atoms. The Balaban J connectivity index is 0.000000221. The van der Waals surface area contributed by atoms with Gasteiger partial charge in [0.2, 0.25) is 0 Å². The van der Waals surface area contributed by atoms with Crippen molar-refractivity contribution < 1.29 is 65.1 Å². The Labute approximate surface area is 324 Å². The molecule has 0 radical (unpaired) electrons. The summed E-state index contributed by atoms with van der Waals surface area (Å²) in [4.78, 5) is 24.6. The number of amides is 2. The van der Waals surface area contributed by atoms with Gasteiger partial charge in [0, 0.05) is 11.1 Å². The van der Waals surface area contributed by atoms with Crippen molar-refractivity contribution in [2.24, 2.45) is 0 Å².